The molecule has 16 heavy (non-hydrogen) atoms. The summed E-state index contributed by atoms with van der Waals surface area (Å²) in [6.45, 7) is 4.53. The molecule has 0 bridgehead atoms. The van der Waals surface area contributed by atoms with E-state index in [1.807, 2.05) is 0 Å². The van der Waals surface area contributed by atoms with Gasteiger partial charge in [0.2, 0.25) is 0 Å². The fourth-order valence-electron chi connectivity index (χ4n) is 3.42. The number of nitrogens with one attached hydrogen (secondary N) is 1. The van der Waals surface area contributed by atoms with Crippen LogP contribution in [0, 0.1) is 5.92 Å². The van der Waals surface area contributed by atoms with Gasteiger partial charge in [-0.25, -0.2) is 0 Å². The van der Waals surface area contributed by atoms with Crippen molar-refractivity contribution in [1.29, 1.82) is 0 Å². The monoisotopic (exact) mass is 241 g/mol. The summed E-state index contributed by atoms with van der Waals surface area (Å²) in [6, 6.07) is 0.801. The Morgan fingerprint density at radius 2 is 2.06 bits per heavy atom. The molecule has 1 saturated heterocycles. The molecule has 2 aliphatic rings. The van der Waals surface area contributed by atoms with E-state index in [-0.39, 0.29) is 0 Å². The molecular formula is C14H27NS. The Morgan fingerprint density at radius 1 is 1.31 bits per heavy atom. The summed E-state index contributed by atoms with van der Waals surface area (Å²) in [5, 5.41) is 4.39. The van der Waals surface area contributed by atoms with E-state index in [0.717, 1.165) is 12.0 Å². The lowest BCUT2D eigenvalue weighted by atomic mass is 10.0. The van der Waals surface area contributed by atoms with Crippen molar-refractivity contribution in [3.63, 3.8) is 0 Å². The zero-order valence-electron chi connectivity index (χ0n) is 10.8. The molecule has 94 valence electrons. The van der Waals surface area contributed by atoms with E-state index >= 15 is 0 Å². The Bertz CT molecular complexity index is 229. The Morgan fingerprint density at radius 3 is 2.69 bits per heavy atom. The van der Waals surface area contributed by atoms with Crippen molar-refractivity contribution in [2.75, 3.05) is 0 Å². The van der Waals surface area contributed by atoms with Crippen LogP contribution >= 0.6 is 12.6 Å². The predicted molar refractivity (Wildman–Crippen MR) is 74.2 cm³/mol. The summed E-state index contributed by atoms with van der Waals surface area (Å²) in [6.07, 6.45) is 11.2. The van der Waals surface area contributed by atoms with Gasteiger partial charge in [-0.1, -0.05) is 46.0 Å². The first-order chi connectivity index (χ1) is 7.69. The van der Waals surface area contributed by atoms with Crippen molar-refractivity contribution >= 4 is 12.6 Å². The van der Waals surface area contributed by atoms with Gasteiger partial charge in [0.1, 0.15) is 0 Å². The fourth-order valence-corrected chi connectivity index (χ4v) is 3.81. The van der Waals surface area contributed by atoms with Gasteiger partial charge in [-0.3, -0.25) is 0 Å². The van der Waals surface area contributed by atoms with Crippen LogP contribution in [0.1, 0.15) is 65.2 Å². The molecule has 1 N–H and O–H groups in total. The van der Waals surface area contributed by atoms with E-state index in [4.69, 9.17) is 0 Å². The molecule has 1 saturated carbocycles. The lowest BCUT2D eigenvalue weighted by Crippen LogP contribution is -2.40. The van der Waals surface area contributed by atoms with Gasteiger partial charge in [-0.2, -0.15) is 12.6 Å². The van der Waals surface area contributed by atoms with Crippen LogP contribution in [0.5, 0.6) is 0 Å². The number of piperidine rings is 1. The smallest absolute Gasteiger partial charge is 0.0330 e. The molecule has 2 heteroatoms. The molecular weight excluding hydrogens is 214 g/mol. The first-order valence-corrected chi connectivity index (χ1v) is 7.66. The van der Waals surface area contributed by atoms with Crippen LogP contribution < -0.4 is 5.32 Å². The molecule has 0 aromatic rings. The van der Waals surface area contributed by atoms with Crippen LogP contribution in [0.15, 0.2) is 0 Å². The van der Waals surface area contributed by atoms with E-state index in [1.165, 1.54) is 51.4 Å². The second kappa shape index (κ2) is 5.30. The molecule has 2 rings (SSSR count). The molecule has 1 nitrogen and oxygen atoms in total. The average Bonchev–Trinajstić information content (AvgIpc) is 2.83. The van der Waals surface area contributed by atoms with Gasteiger partial charge < -0.3 is 5.32 Å². The molecule has 0 radical (unpaired) electrons. The van der Waals surface area contributed by atoms with Crippen LogP contribution in [0.25, 0.3) is 0 Å². The standard InChI is InChI=1S/C14H27NS/c1-3-4-5-6-7-8-13-9-12-10-14(12,15-13)11(2)16/h11-13,15-16H,3-10H2,1-2H3/t11?,12?,13-,14+/m1/s1. The van der Waals surface area contributed by atoms with Crippen molar-refractivity contribution in [3.8, 4) is 0 Å². The average molecular weight is 241 g/mol. The zero-order chi connectivity index (χ0) is 11.6. The van der Waals surface area contributed by atoms with Crippen LogP contribution in [0.3, 0.4) is 0 Å². The number of thiol groups is 1. The number of unbranched alkanes of at least 4 members (excludes halogenated alkanes) is 4. The Labute approximate surface area is 106 Å². The topological polar surface area (TPSA) is 12.0 Å². The fraction of sp³-hybridized carbons (Fsp3) is 1.00. The summed E-state index contributed by atoms with van der Waals surface area (Å²) >= 11 is 4.64. The van der Waals surface area contributed by atoms with E-state index in [2.05, 4.69) is 31.8 Å². The third-order valence-corrected chi connectivity index (χ3v) is 5.06. The quantitative estimate of drug-likeness (QED) is 0.510. The van der Waals surface area contributed by atoms with Crippen molar-refractivity contribution in [2.45, 2.75) is 82.0 Å². The van der Waals surface area contributed by atoms with Crippen molar-refractivity contribution < 1.29 is 0 Å². The molecule has 0 spiro atoms. The number of fused-ring (bicyclic) bond motifs is 1. The van der Waals surface area contributed by atoms with E-state index in [9.17, 15) is 0 Å². The van der Waals surface area contributed by atoms with Crippen LogP contribution in [0.2, 0.25) is 0 Å². The molecule has 1 heterocycles. The highest BCUT2D eigenvalue weighted by Crippen LogP contribution is 2.55. The van der Waals surface area contributed by atoms with Gasteiger partial charge in [-0.15, -0.1) is 0 Å². The lowest BCUT2D eigenvalue weighted by Gasteiger charge is -2.22. The maximum Gasteiger partial charge on any atom is 0.0330 e. The molecule has 0 aromatic heterocycles. The highest BCUT2D eigenvalue weighted by molar-refractivity contribution is 7.81. The summed E-state index contributed by atoms with van der Waals surface area (Å²) in [4.78, 5) is 0. The predicted octanol–water partition coefficient (Wildman–Crippen LogP) is 3.79. The van der Waals surface area contributed by atoms with Crippen LogP contribution in [-0.4, -0.2) is 16.8 Å². The van der Waals surface area contributed by atoms with Gasteiger partial charge in [0.25, 0.3) is 0 Å². The summed E-state index contributed by atoms with van der Waals surface area (Å²) in [7, 11) is 0. The summed E-state index contributed by atoms with van der Waals surface area (Å²) in [5.74, 6) is 0.945. The Hall–Kier alpha value is 0.310. The minimum atomic E-state index is 0.442. The van der Waals surface area contributed by atoms with Gasteiger partial charge in [-0.05, 0) is 25.2 Å². The molecule has 2 unspecified atom stereocenters. The molecule has 2 fully saturated rings. The van der Waals surface area contributed by atoms with Crippen molar-refractivity contribution in [1.82, 2.24) is 5.32 Å². The second-order valence-corrected chi connectivity index (χ2v) is 6.67. The lowest BCUT2D eigenvalue weighted by molar-refractivity contribution is 0.427. The normalized spacial score (nSPS) is 38.4. The minimum Gasteiger partial charge on any atom is -0.307 e. The molecule has 0 aromatic carbocycles. The van der Waals surface area contributed by atoms with Gasteiger partial charge in [0, 0.05) is 16.8 Å². The van der Waals surface area contributed by atoms with Gasteiger partial charge >= 0.3 is 0 Å². The molecule has 1 aliphatic heterocycles. The number of rotatable bonds is 7. The largest absolute Gasteiger partial charge is 0.307 e. The van der Waals surface area contributed by atoms with Gasteiger partial charge in [0.15, 0.2) is 0 Å². The third-order valence-electron chi connectivity index (χ3n) is 4.60. The first-order valence-electron chi connectivity index (χ1n) is 7.15. The Kier molecular flexibility index (Phi) is 4.23. The highest BCUT2D eigenvalue weighted by atomic mass is 32.1. The number of hydrogen-bond acceptors (Lipinski definition) is 2. The Balaban J connectivity index is 1.60. The minimum absolute atomic E-state index is 0.442. The van der Waals surface area contributed by atoms with Crippen LogP contribution in [-0.2, 0) is 0 Å². The maximum atomic E-state index is 4.64. The second-order valence-electron chi connectivity index (χ2n) is 5.90. The molecule has 1 aliphatic carbocycles. The molecule has 4 atom stereocenters. The van der Waals surface area contributed by atoms with Crippen molar-refractivity contribution in [3.05, 3.63) is 0 Å². The molecule has 0 amide bonds. The van der Waals surface area contributed by atoms with Crippen molar-refractivity contribution in [2.24, 2.45) is 5.92 Å². The SMILES string of the molecule is CCCCCCC[C@@H]1CC2C[C@@]2(C(C)S)N1. The number of hydrogen-bond donors (Lipinski definition) is 2. The van der Waals surface area contributed by atoms with Crippen LogP contribution in [0.4, 0.5) is 0 Å². The van der Waals surface area contributed by atoms with Gasteiger partial charge in [0.05, 0.1) is 0 Å². The van der Waals surface area contributed by atoms with E-state index in [0.29, 0.717) is 10.8 Å². The third kappa shape index (κ3) is 2.59. The maximum absolute atomic E-state index is 4.64. The highest BCUT2D eigenvalue weighted by Gasteiger charge is 2.61. The summed E-state index contributed by atoms with van der Waals surface area (Å²) < 4.78 is 0. The van der Waals surface area contributed by atoms with E-state index < -0.39 is 0 Å². The van der Waals surface area contributed by atoms with E-state index in [1.54, 1.807) is 0 Å². The summed E-state index contributed by atoms with van der Waals surface area (Å²) in [5.41, 5.74) is 0.442. The zero-order valence-corrected chi connectivity index (χ0v) is 11.7. The first kappa shape index (κ1) is 12.8.